The lowest BCUT2D eigenvalue weighted by atomic mass is 10.3. The second-order valence-electron chi connectivity index (χ2n) is 3.72. The van der Waals surface area contributed by atoms with Crippen LogP contribution in [0, 0.1) is 0 Å². The lowest BCUT2D eigenvalue weighted by Gasteiger charge is -2.18. The zero-order valence-electron chi connectivity index (χ0n) is 10.3. The van der Waals surface area contributed by atoms with E-state index in [9.17, 15) is 4.79 Å². The van der Waals surface area contributed by atoms with Crippen molar-refractivity contribution in [1.82, 2.24) is 10.2 Å². The van der Waals surface area contributed by atoms with Crippen LogP contribution in [0.2, 0.25) is 0 Å². The molecule has 0 unspecified atom stereocenters. The van der Waals surface area contributed by atoms with Gasteiger partial charge in [-0.15, -0.1) is 11.3 Å². The molecule has 5 heteroatoms. The maximum atomic E-state index is 11.7. The van der Waals surface area contributed by atoms with Crippen molar-refractivity contribution in [2.24, 2.45) is 0 Å². The van der Waals surface area contributed by atoms with Gasteiger partial charge in [-0.25, -0.2) is 0 Å². The van der Waals surface area contributed by atoms with Crippen molar-refractivity contribution < 1.29 is 4.79 Å². The number of amides is 1. The molecule has 0 saturated heterocycles. The summed E-state index contributed by atoms with van der Waals surface area (Å²) in [5.74, 6) is 0.231. The second kappa shape index (κ2) is 7.84. The highest BCUT2D eigenvalue weighted by Gasteiger charge is 2.08. The summed E-state index contributed by atoms with van der Waals surface area (Å²) in [6.07, 6.45) is 0.578. The first-order chi connectivity index (χ1) is 8.17. The molecule has 0 aliphatic rings. The molecule has 1 aromatic heterocycles. The molecule has 0 atom stereocenters. The number of carbonyl (C=O) groups excluding carboxylic acids is 1. The summed E-state index contributed by atoms with van der Waals surface area (Å²) in [4.78, 5) is 14.9. The third-order valence-electron chi connectivity index (χ3n) is 2.55. The van der Waals surface area contributed by atoms with E-state index in [1.54, 1.807) is 11.3 Å². The minimum absolute atomic E-state index is 0.231. The molecule has 1 heterocycles. The van der Waals surface area contributed by atoms with Gasteiger partial charge in [-0.1, -0.05) is 0 Å². The normalized spacial score (nSPS) is 10.5. The molecule has 96 valence electrons. The lowest BCUT2D eigenvalue weighted by molar-refractivity contribution is -0.130. The Morgan fingerprint density at radius 1 is 1.47 bits per heavy atom. The molecule has 1 rings (SSSR count). The van der Waals surface area contributed by atoms with E-state index in [-0.39, 0.29) is 5.91 Å². The predicted octanol–water partition coefficient (Wildman–Crippen LogP) is 2.86. The van der Waals surface area contributed by atoms with Crippen LogP contribution in [0.1, 0.15) is 25.1 Å². The van der Waals surface area contributed by atoms with Crippen molar-refractivity contribution in [3.05, 3.63) is 20.8 Å². The van der Waals surface area contributed by atoms with Gasteiger partial charge in [0.25, 0.3) is 0 Å². The molecule has 0 fully saturated rings. The summed E-state index contributed by atoms with van der Waals surface area (Å²) in [6.45, 7) is 7.20. The van der Waals surface area contributed by atoms with Crippen LogP contribution in [0.25, 0.3) is 0 Å². The number of rotatable bonds is 7. The van der Waals surface area contributed by atoms with Crippen LogP contribution in [0.15, 0.2) is 15.9 Å². The number of halogens is 1. The molecule has 0 aromatic carbocycles. The van der Waals surface area contributed by atoms with Crippen LogP contribution in [0.3, 0.4) is 0 Å². The Balaban J connectivity index is 2.17. The average molecular weight is 319 g/mol. The monoisotopic (exact) mass is 318 g/mol. The van der Waals surface area contributed by atoms with E-state index in [0.717, 1.165) is 30.7 Å². The maximum absolute atomic E-state index is 11.7. The van der Waals surface area contributed by atoms with Crippen LogP contribution in [-0.4, -0.2) is 30.4 Å². The van der Waals surface area contributed by atoms with Gasteiger partial charge in [-0.05, 0) is 35.8 Å². The van der Waals surface area contributed by atoms with Crippen molar-refractivity contribution >= 4 is 33.2 Å². The summed E-state index contributed by atoms with van der Waals surface area (Å²) >= 11 is 5.14. The topological polar surface area (TPSA) is 32.3 Å². The Bertz CT molecular complexity index is 350. The van der Waals surface area contributed by atoms with E-state index in [1.165, 1.54) is 4.88 Å². The predicted molar refractivity (Wildman–Crippen MR) is 76.3 cm³/mol. The van der Waals surface area contributed by atoms with Crippen molar-refractivity contribution in [3.8, 4) is 0 Å². The lowest BCUT2D eigenvalue weighted by Crippen LogP contribution is -2.32. The van der Waals surface area contributed by atoms with Crippen molar-refractivity contribution in [2.45, 2.75) is 26.8 Å². The average Bonchev–Trinajstić information content (AvgIpc) is 2.72. The molecule has 0 aliphatic carbocycles. The second-order valence-corrected chi connectivity index (χ2v) is 5.64. The number of thiophene rings is 1. The van der Waals surface area contributed by atoms with Crippen LogP contribution < -0.4 is 5.32 Å². The Labute approximate surface area is 115 Å². The standard InChI is InChI=1S/C12H19BrN2OS/c1-3-15(4-2)12(16)5-6-14-8-11-7-10(13)9-17-11/h7,9,14H,3-6,8H2,1-2H3. The third-order valence-corrected chi connectivity index (χ3v) is 4.25. The molecule has 1 amide bonds. The molecule has 1 N–H and O–H groups in total. The number of nitrogens with zero attached hydrogens (tertiary/aromatic N) is 1. The maximum Gasteiger partial charge on any atom is 0.223 e. The molecule has 0 aliphatic heterocycles. The molecule has 0 spiro atoms. The number of hydrogen-bond donors (Lipinski definition) is 1. The number of carbonyl (C=O) groups is 1. The van der Waals surface area contributed by atoms with Crippen LogP contribution in [-0.2, 0) is 11.3 Å². The quantitative estimate of drug-likeness (QED) is 0.784. The van der Waals surface area contributed by atoms with E-state index in [1.807, 2.05) is 18.7 Å². The van der Waals surface area contributed by atoms with E-state index >= 15 is 0 Å². The fourth-order valence-corrected chi connectivity index (χ4v) is 3.01. The van der Waals surface area contributed by atoms with Gasteiger partial charge in [-0.3, -0.25) is 4.79 Å². The first-order valence-electron chi connectivity index (χ1n) is 5.88. The van der Waals surface area contributed by atoms with Gasteiger partial charge in [-0.2, -0.15) is 0 Å². The molecule has 0 radical (unpaired) electrons. The number of nitrogens with one attached hydrogen (secondary N) is 1. The van der Waals surface area contributed by atoms with Crippen LogP contribution in [0.4, 0.5) is 0 Å². The van der Waals surface area contributed by atoms with Crippen molar-refractivity contribution in [3.63, 3.8) is 0 Å². The molecule has 17 heavy (non-hydrogen) atoms. The Morgan fingerprint density at radius 3 is 2.71 bits per heavy atom. The Morgan fingerprint density at radius 2 is 2.18 bits per heavy atom. The SMILES string of the molecule is CCN(CC)C(=O)CCNCc1cc(Br)cs1. The highest BCUT2D eigenvalue weighted by molar-refractivity contribution is 9.10. The van der Waals surface area contributed by atoms with E-state index in [4.69, 9.17) is 0 Å². The zero-order chi connectivity index (χ0) is 12.7. The van der Waals surface area contributed by atoms with Gasteiger partial charge in [0.15, 0.2) is 0 Å². The van der Waals surface area contributed by atoms with Crippen LogP contribution >= 0.6 is 27.3 Å². The Kier molecular flexibility index (Phi) is 6.77. The Hall–Kier alpha value is -0.390. The summed E-state index contributed by atoms with van der Waals surface area (Å²) in [5.41, 5.74) is 0. The zero-order valence-corrected chi connectivity index (χ0v) is 12.7. The first-order valence-corrected chi connectivity index (χ1v) is 7.56. The molecule has 0 bridgehead atoms. The summed E-state index contributed by atoms with van der Waals surface area (Å²) in [5, 5.41) is 5.36. The van der Waals surface area contributed by atoms with E-state index < -0.39 is 0 Å². The minimum Gasteiger partial charge on any atom is -0.343 e. The van der Waals surface area contributed by atoms with Gasteiger partial charge in [0.1, 0.15) is 0 Å². The summed E-state index contributed by atoms with van der Waals surface area (Å²) < 4.78 is 1.12. The smallest absolute Gasteiger partial charge is 0.223 e. The van der Waals surface area contributed by atoms with Gasteiger partial charge in [0, 0.05) is 47.3 Å². The third kappa shape index (κ3) is 5.19. The molecule has 1 aromatic rings. The van der Waals surface area contributed by atoms with Crippen molar-refractivity contribution in [1.29, 1.82) is 0 Å². The molecule has 0 saturated carbocycles. The van der Waals surface area contributed by atoms with Gasteiger partial charge in [0.05, 0.1) is 0 Å². The van der Waals surface area contributed by atoms with Gasteiger partial charge in [0.2, 0.25) is 5.91 Å². The fraction of sp³-hybridized carbons (Fsp3) is 0.583. The molecular formula is C12H19BrN2OS. The van der Waals surface area contributed by atoms with Gasteiger partial charge < -0.3 is 10.2 Å². The minimum atomic E-state index is 0.231. The fourth-order valence-electron chi connectivity index (χ4n) is 1.59. The van der Waals surface area contributed by atoms with E-state index in [0.29, 0.717) is 6.42 Å². The molecule has 3 nitrogen and oxygen atoms in total. The van der Waals surface area contributed by atoms with E-state index in [2.05, 4.69) is 32.7 Å². The van der Waals surface area contributed by atoms with Crippen LogP contribution in [0.5, 0.6) is 0 Å². The molecular weight excluding hydrogens is 300 g/mol. The highest BCUT2D eigenvalue weighted by atomic mass is 79.9. The van der Waals surface area contributed by atoms with Crippen molar-refractivity contribution in [2.75, 3.05) is 19.6 Å². The summed E-state index contributed by atoms with van der Waals surface area (Å²) in [7, 11) is 0. The highest BCUT2D eigenvalue weighted by Crippen LogP contribution is 2.19. The number of hydrogen-bond acceptors (Lipinski definition) is 3. The van der Waals surface area contributed by atoms with Gasteiger partial charge >= 0.3 is 0 Å². The first kappa shape index (κ1) is 14.7. The largest absolute Gasteiger partial charge is 0.343 e. The summed E-state index contributed by atoms with van der Waals surface area (Å²) in [6, 6.07) is 2.10.